The van der Waals surface area contributed by atoms with Crippen LogP contribution in [-0.4, -0.2) is 19.8 Å². The van der Waals surface area contributed by atoms with Crippen LogP contribution >= 0.6 is 7.75 Å². The van der Waals surface area contributed by atoms with Gasteiger partial charge in [0.15, 0.2) is 0 Å². The molecule has 0 aromatic carbocycles. The molecule has 0 aliphatic carbocycles. The Morgan fingerprint density at radius 3 is 1.09 bits per heavy atom. The Morgan fingerprint density at radius 1 is 0.455 bits per heavy atom. The average Bonchev–Trinajstić information content (AvgIpc) is 2.81. The minimum Gasteiger partial charge on any atom is -0.297 e. The zero-order valence-electron chi connectivity index (χ0n) is 22.8. The third-order valence-corrected chi connectivity index (χ3v) is 8.01. The molecular weight excluding hydrogens is 429 g/mol. The summed E-state index contributed by atoms with van der Waals surface area (Å²) in [6.45, 7) is 8.44. The van der Waals surface area contributed by atoms with E-state index in [9.17, 15) is 4.57 Å². The first-order valence-electron chi connectivity index (χ1n) is 14.8. The summed E-state index contributed by atoms with van der Waals surface area (Å²) in [5.74, 6) is 0. The molecular formula is C28H60NO3P. The number of nitrogens with one attached hydrogen (secondary N) is 1. The van der Waals surface area contributed by atoms with Gasteiger partial charge < -0.3 is 0 Å². The molecule has 0 radical (unpaired) electrons. The van der Waals surface area contributed by atoms with Crippen molar-refractivity contribution in [3.63, 3.8) is 0 Å². The fraction of sp³-hybridized carbons (Fsp3) is 1.00. The van der Waals surface area contributed by atoms with Crippen LogP contribution in [0.5, 0.6) is 0 Å². The molecule has 4 nitrogen and oxygen atoms in total. The van der Waals surface area contributed by atoms with Crippen LogP contribution in [0.25, 0.3) is 0 Å². The Bertz CT molecular complexity index is 390. The van der Waals surface area contributed by atoms with Gasteiger partial charge in [0.1, 0.15) is 0 Å². The van der Waals surface area contributed by atoms with Gasteiger partial charge in [-0.3, -0.25) is 9.05 Å². The van der Waals surface area contributed by atoms with Gasteiger partial charge in [0.05, 0.1) is 13.2 Å². The van der Waals surface area contributed by atoms with Gasteiger partial charge in [-0.15, -0.1) is 0 Å². The molecule has 0 saturated heterocycles. The van der Waals surface area contributed by atoms with Crippen LogP contribution in [0.4, 0.5) is 0 Å². The van der Waals surface area contributed by atoms with E-state index in [2.05, 4.69) is 25.9 Å². The smallest absolute Gasteiger partial charge is 0.297 e. The molecule has 0 heterocycles. The number of hydrogen-bond acceptors (Lipinski definition) is 3. The summed E-state index contributed by atoms with van der Waals surface area (Å²) in [5, 5.41) is 3.08. The van der Waals surface area contributed by atoms with Gasteiger partial charge in [-0.05, 0) is 19.3 Å². The molecule has 0 spiro atoms. The molecule has 33 heavy (non-hydrogen) atoms. The molecule has 0 fully saturated rings. The van der Waals surface area contributed by atoms with Gasteiger partial charge in [0.25, 0.3) is 0 Å². The van der Waals surface area contributed by atoms with Crippen molar-refractivity contribution in [1.82, 2.24) is 5.09 Å². The van der Waals surface area contributed by atoms with E-state index >= 15 is 0 Å². The minimum atomic E-state index is -3.15. The van der Waals surface area contributed by atoms with Crippen molar-refractivity contribution in [2.75, 3.05) is 19.8 Å². The molecule has 0 aliphatic heterocycles. The van der Waals surface area contributed by atoms with Crippen molar-refractivity contribution in [3.05, 3.63) is 0 Å². The summed E-state index contributed by atoms with van der Waals surface area (Å²) < 4.78 is 24.6. The Hall–Kier alpha value is 0.110. The van der Waals surface area contributed by atoms with Crippen molar-refractivity contribution in [2.45, 2.75) is 162 Å². The molecule has 0 aromatic rings. The van der Waals surface area contributed by atoms with Crippen LogP contribution in [0.2, 0.25) is 0 Å². The van der Waals surface area contributed by atoms with Crippen LogP contribution < -0.4 is 5.09 Å². The fourth-order valence-electron chi connectivity index (χ4n) is 4.07. The third-order valence-electron chi connectivity index (χ3n) is 6.35. The third kappa shape index (κ3) is 25.0. The Labute approximate surface area is 208 Å². The zero-order valence-corrected chi connectivity index (χ0v) is 23.7. The van der Waals surface area contributed by atoms with E-state index in [-0.39, 0.29) is 0 Å². The highest BCUT2D eigenvalue weighted by atomic mass is 31.2. The van der Waals surface area contributed by atoms with Crippen molar-refractivity contribution < 1.29 is 13.6 Å². The first-order valence-corrected chi connectivity index (χ1v) is 16.4. The van der Waals surface area contributed by atoms with Gasteiger partial charge in [0.2, 0.25) is 0 Å². The van der Waals surface area contributed by atoms with E-state index in [1.54, 1.807) is 0 Å². The lowest BCUT2D eigenvalue weighted by Gasteiger charge is -2.19. The first-order chi connectivity index (χ1) is 16.2. The number of unbranched alkanes of at least 4 members (excludes halogenated alkanes) is 19. The molecule has 0 atom stereocenters. The predicted molar refractivity (Wildman–Crippen MR) is 146 cm³/mol. The fourth-order valence-corrected chi connectivity index (χ4v) is 5.50. The zero-order chi connectivity index (χ0) is 24.3. The summed E-state index contributed by atoms with van der Waals surface area (Å²) in [5.41, 5.74) is 0. The highest BCUT2D eigenvalue weighted by molar-refractivity contribution is 7.51. The Morgan fingerprint density at radius 2 is 0.758 bits per heavy atom. The monoisotopic (exact) mass is 489 g/mol. The van der Waals surface area contributed by atoms with E-state index < -0.39 is 7.75 Å². The van der Waals surface area contributed by atoms with Gasteiger partial charge in [-0.25, -0.2) is 9.65 Å². The number of rotatable bonds is 28. The Balaban J connectivity index is 3.80. The van der Waals surface area contributed by atoms with E-state index in [1.807, 2.05) is 0 Å². The van der Waals surface area contributed by atoms with Crippen LogP contribution in [-0.2, 0) is 13.6 Å². The quantitative estimate of drug-likeness (QED) is 0.0877. The molecule has 5 heteroatoms. The van der Waals surface area contributed by atoms with Crippen LogP contribution in [0.1, 0.15) is 162 Å². The predicted octanol–water partition coefficient (Wildman–Crippen LogP) is 10.4. The molecule has 0 aliphatic rings. The first kappa shape index (κ1) is 33.1. The van der Waals surface area contributed by atoms with Crippen molar-refractivity contribution in [1.29, 1.82) is 0 Å². The van der Waals surface area contributed by atoms with E-state index in [0.29, 0.717) is 19.8 Å². The topological polar surface area (TPSA) is 47.6 Å². The molecule has 0 rings (SSSR count). The van der Waals surface area contributed by atoms with Crippen molar-refractivity contribution in [2.24, 2.45) is 0 Å². The Kier molecular flexibility index (Phi) is 26.8. The SMILES string of the molecule is CCCCCCCCCCCCOP(=O)(NCCCC)OCCCCCCCCCCCC. The molecule has 0 aromatic heterocycles. The van der Waals surface area contributed by atoms with Crippen LogP contribution in [0.15, 0.2) is 0 Å². The maximum Gasteiger partial charge on any atom is 0.405 e. The van der Waals surface area contributed by atoms with Crippen molar-refractivity contribution >= 4 is 7.75 Å². The molecule has 0 unspecified atom stereocenters. The lowest BCUT2D eigenvalue weighted by atomic mass is 10.1. The largest absolute Gasteiger partial charge is 0.405 e. The summed E-state index contributed by atoms with van der Waals surface area (Å²) in [7, 11) is -3.15. The standard InChI is InChI=1S/C28H60NO3P/c1-4-7-10-12-14-16-18-20-22-24-27-31-33(30,29-26-9-6-3)32-28-25-23-21-19-17-15-13-11-8-5-2/h4-28H2,1-3H3,(H,29,30). The highest BCUT2D eigenvalue weighted by Gasteiger charge is 2.23. The van der Waals surface area contributed by atoms with Crippen LogP contribution in [0, 0.1) is 0 Å². The summed E-state index contributed by atoms with van der Waals surface area (Å²) >= 11 is 0. The molecule has 0 bridgehead atoms. The summed E-state index contributed by atoms with van der Waals surface area (Å²) in [6.07, 6.45) is 27.9. The van der Waals surface area contributed by atoms with Gasteiger partial charge in [-0.1, -0.05) is 143 Å². The normalized spacial score (nSPS) is 12.0. The molecule has 200 valence electrons. The summed E-state index contributed by atoms with van der Waals surface area (Å²) in [6, 6.07) is 0. The highest BCUT2D eigenvalue weighted by Crippen LogP contribution is 2.44. The van der Waals surface area contributed by atoms with E-state index in [1.165, 1.54) is 103 Å². The second kappa shape index (κ2) is 26.7. The molecule has 0 saturated carbocycles. The summed E-state index contributed by atoms with van der Waals surface area (Å²) in [4.78, 5) is 0. The van der Waals surface area contributed by atoms with Crippen LogP contribution in [0.3, 0.4) is 0 Å². The van der Waals surface area contributed by atoms with E-state index in [4.69, 9.17) is 9.05 Å². The van der Waals surface area contributed by atoms with Gasteiger partial charge in [-0.2, -0.15) is 0 Å². The lowest BCUT2D eigenvalue weighted by Crippen LogP contribution is -2.17. The second-order valence-corrected chi connectivity index (χ2v) is 11.6. The minimum absolute atomic E-state index is 0.533. The number of hydrogen-bond donors (Lipinski definition) is 1. The maximum absolute atomic E-state index is 13.1. The molecule has 1 N–H and O–H groups in total. The van der Waals surface area contributed by atoms with E-state index in [0.717, 1.165) is 38.5 Å². The van der Waals surface area contributed by atoms with Gasteiger partial charge in [0, 0.05) is 6.54 Å². The van der Waals surface area contributed by atoms with Gasteiger partial charge >= 0.3 is 7.75 Å². The maximum atomic E-state index is 13.1. The van der Waals surface area contributed by atoms with Crippen molar-refractivity contribution in [3.8, 4) is 0 Å². The average molecular weight is 490 g/mol. The second-order valence-electron chi connectivity index (χ2n) is 9.79. The molecule has 0 amide bonds. The lowest BCUT2D eigenvalue weighted by molar-refractivity contribution is 0.189.